The maximum atomic E-state index is 14.0. The molecule has 0 fully saturated rings. The number of nitrogens with zero attached hydrogens (tertiary/aromatic N) is 1. The Labute approximate surface area is 106 Å². The van der Waals surface area contributed by atoms with Crippen LogP contribution in [0.5, 0.6) is 0 Å². The molecule has 1 aromatic heterocycles. The van der Waals surface area contributed by atoms with Crippen molar-refractivity contribution in [1.82, 2.24) is 4.98 Å². The van der Waals surface area contributed by atoms with Crippen molar-refractivity contribution in [3.05, 3.63) is 41.7 Å². The number of ether oxygens (including phenoxy) is 1. The van der Waals surface area contributed by atoms with Crippen LogP contribution in [0.2, 0.25) is 0 Å². The van der Waals surface area contributed by atoms with E-state index in [1.54, 1.807) is 12.1 Å². The van der Waals surface area contributed by atoms with E-state index >= 15 is 0 Å². The number of aromatic nitrogens is 1. The van der Waals surface area contributed by atoms with Gasteiger partial charge in [0.25, 0.3) is 0 Å². The molecule has 1 aliphatic carbocycles. The SMILES string of the molecule is CCCOC1=CCCC(F)=C1c1ccc(N)cn1. The maximum absolute atomic E-state index is 14.0. The van der Waals surface area contributed by atoms with E-state index in [2.05, 4.69) is 4.98 Å². The van der Waals surface area contributed by atoms with Crippen LogP contribution in [-0.4, -0.2) is 11.6 Å². The molecule has 0 saturated heterocycles. The van der Waals surface area contributed by atoms with Gasteiger partial charge in [0, 0.05) is 6.42 Å². The third-order valence-electron chi connectivity index (χ3n) is 2.72. The van der Waals surface area contributed by atoms with Crippen LogP contribution in [0.15, 0.2) is 36.0 Å². The molecule has 3 nitrogen and oxygen atoms in total. The topological polar surface area (TPSA) is 48.1 Å². The lowest BCUT2D eigenvalue weighted by atomic mass is 10.0. The monoisotopic (exact) mass is 248 g/mol. The number of nitrogen functional groups attached to an aromatic ring is 1. The Kier molecular flexibility index (Phi) is 3.97. The number of halogens is 1. The van der Waals surface area contributed by atoms with Crippen molar-refractivity contribution in [1.29, 1.82) is 0 Å². The van der Waals surface area contributed by atoms with Crippen LogP contribution in [0.1, 0.15) is 31.9 Å². The quantitative estimate of drug-likeness (QED) is 0.887. The molecule has 4 heteroatoms. The van der Waals surface area contributed by atoms with E-state index in [0.717, 1.165) is 6.42 Å². The molecule has 0 atom stereocenters. The van der Waals surface area contributed by atoms with E-state index < -0.39 is 0 Å². The summed E-state index contributed by atoms with van der Waals surface area (Å²) in [4.78, 5) is 4.17. The highest BCUT2D eigenvalue weighted by molar-refractivity contribution is 5.78. The van der Waals surface area contributed by atoms with Crippen LogP contribution in [0.25, 0.3) is 5.57 Å². The molecule has 18 heavy (non-hydrogen) atoms. The van der Waals surface area contributed by atoms with E-state index in [4.69, 9.17) is 10.5 Å². The summed E-state index contributed by atoms with van der Waals surface area (Å²) in [5.41, 5.74) is 7.19. The van der Waals surface area contributed by atoms with Gasteiger partial charge in [-0.1, -0.05) is 6.92 Å². The van der Waals surface area contributed by atoms with Crippen LogP contribution in [0, 0.1) is 0 Å². The minimum absolute atomic E-state index is 0.166. The van der Waals surface area contributed by atoms with Gasteiger partial charge in [-0.2, -0.15) is 0 Å². The highest BCUT2D eigenvalue weighted by Gasteiger charge is 2.20. The number of hydrogen-bond acceptors (Lipinski definition) is 3. The Morgan fingerprint density at radius 3 is 2.94 bits per heavy atom. The van der Waals surface area contributed by atoms with Gasteiger partial charge in [-0.15, -0.1) is 0 Å². The van der Waals surface area contributed by atoms with Gasteiger partial charge in [0.05, 0.1) is 29.8 Å². The molecular formula is C14H17FN2O. The molecule has 0 radical (unpaired) electrons. The van der Waals surface area contributed by atoms with Crippen molar-refractivity contribution in [2.24, 2.45) is 0 Å². The van der Waals surface area contributed by atoms with Gasteiger partial charge in [0.2, 0.25) is 0 Å². The number of allylic oxidation sites excluding steroid dienone is 3. The smallest absolute Gasteiger partial charge is 0.127 e. The molecule has 1 aliphatic rings. The average Bonchev–Trinajstić information content (AvgIpc) is 2.38. The van der Waals surface area contributed by atoms with Crippen LogP contribution in [0.4, 0.5) is 10.1 Å². The molecule has 0 aromatic carbocycles. The maximum Gasteiger partial charge on any atom is 0.127 e. The minimum Gasteiger partial charge on any atom is -0.493 e. The van der Waals surface area contributed by atoms with E-state index in [1.807, 2.05) is 13.0 Å². The molecule has 0 bridgehead atoms. The van der Waals surface area contributed by atoms with Gasteiger partial charge in [-0.3, -0.25) is 4.98 Å². The van der Waals surface area contributed by atoms with Crippen LogP contribution >= 0.6 is 0 Å². The van der Waals surface area contributed by atoms with Gasteiger partial charge in [-0.05, 0) is 31.1 Å². The highest BCUT2D eigenvalue weighted by Crippen LogP contribution is 2.33. The lowest BCUT2D eigenvalue weighted by molar-refractivity contribution is 0.224. The third kappa shape index (κ3) is 2.70. The summed E-state index contributed by atoms with van der Waals surface area (Å²) in [6, 6.07) is 3.44. The fourth-order valence-electron chi connectivity index (χ4n) is 1.85. The number of nitrogens with two attached hydrogens (primary N) is 1. The fraction of sp³-hybridized carbons (Fsp3) is 0.357. The second-order valence-corrected chi connectivity index (χ2v) is 4.21. The van der Waals surface area contributed by atoms with Crippen molar-refractivity contribution in [2.45, 2.75) is 26.2 Å². The first-order valence-electron chi connectivity index (χ1n) is 6.16. The number of anilines is 1. The summed E-state index contributed by atoms with van der Waals surface area (Å²) in [6.45, 7) is 2.60. The summed E-state index contributed by atoms with van der Waals surface area (Å²) in [5.74, 6) is 0.429. The summed E-state index contributed by atoms with van der Waals surface area (Å²) in [7, 11) is 0. The number of hydrogen-bond donors (Lipinski definition) is 1. The van der Waals surface area contributed by atoms with Gasteiger partial charge >= 0.3 is 0 Å². The van der Waals surface area contributed by atoms with Crippen molar-refractivity contribution >= 4 is 11.3 Å². The Balaban J connectivity index is 2.31. The van der Waals surface area contributed by atoms with Crippen molar-refractivity contribution in [2.75, 3.05) is 12.3 Å². The van der Waals surface area contributed by atoms with Crippen LogP contribution in [-0.2, 0) is 4.74 Å². The van der Waals surface area contributed by atoms with Gasteiger partial charge in [-0.25, -0.2) is 4.39 Å². The number of pyridine rings is 1. The summed E-state index contributed by atoms with van der Waals surface area (Å²) in [5, 5.41) is 0. The zero-order chi connectivity index (χ0) is 13.0. The van der Waals surface area contributed by atoms with Gasteiger partial charge in [0.1, 0.15) is 11.6 Å². The van der Waals surface area contributed by atoms with E-state index in [1.165, 1.54) is 6.20 Å². The molecule has 1 heterocycles. The van der Waals surface area contributed by atoms with E-state index in [9.17, 15) is 4.39 Å². The zero-order valence-corrected chi connectivity index (χ0v) is 10.4. The average molecular weight is 248 g/mol. The lowest BCUT2D eigenvalue weighted by Crippen LogP contribution is -2.05. The largest absolute Gasteiger partial charge is 0.493 e. The molecule has 0 saturated carbocycles. The standard InChI is InChI=1S/C14H17FN2O/c1-2-8-18-13-5-3-4-11(15)14(13)12-7-6-10(16)9-17-12/h5-7,9H,2-4,8,16H2,1H3. The van der Waals surface area contributed by atoms with Crippen LogP contribution in [0.3, 0.4) is 0 Å². The zero-order valence-electron chi connectivity index (χ0n) is 10.4. The first-order chi connectivity index (χ1) is 8.72. The first kappa shape index (κ1) is 12.6. The predicted molar refractivity (Wildman–Crippen MR) is 70.2 cm³/mol. The first-order valence-corrected chi connectivity index (χ1v) is 6.16. The van der Waals surface area contributed by atoms with Crippen molar-refractivity contribution in [3.63, 3.8) is 0 Å². The molecule has 0 aliphatic heterocycles. The third-order valence-corrected chi connectivity index (χ3v) is 2.72. The Bertz CT molecular complexity index is 477. The minimum atomic E-state index is -0.166. The molecule has 0 spiro atoms. The summed E-state index contributed by atoms with van der Waals surface area (Å²) in [6.07, 6.45) is 5.42. The van der Waals surface area contributed by atoms with Crippen LogP contribution < -0.4 is 5.73 Å². The molecule has 0 amide bonds. The predicted octanol–water partition coefficient (Wildman–Crippen LogP) is 3.45. The molecular weight excluding hydrogens is 231 g/mol. The highest BCUT2D eigenvalue weighted by atomic mass is 19.1. The van der Waals surface area contributed by atoms with Gasteiger partial charge in [0.15, 0.2) is 0 Å². The Hall–Kier alpha value is -1.84. The summed E-state index contributed by atoms with van der Waals surface area (Å²) < 4.78 is 19.6. The molecule has 2 rings (SSSR count). The molecule has 2 N–H and O–H groups in total. The fourth-order valence-corrected chi connectivity index (χ4v) is 1.85. The lowest BCUT2D eigenvalue weighted by Gasteiger charge is -2.18. The van der Waals surface area contributed by atoms with Gasteiger partial charge < -0.3 is 10.5 Å². The van der Waals surface area contributed by atoms with Crippen molar-refractivity contribution in [3.8, 4) is 0 Å². The molecule has 96 valence electrons. The number of rotatable bonds is 4. The summed E-state index contributed by atoms with van der Waals surface area (Å²) >= 11 is 0. The normalized spacial score (nSPS) is 15.6. The Morgan fingerprint density at radius 2 is 2.28 bits per heavy atom. The van der Waals surface area contributed by atoms with Crippen molar-refractivity contribution < 1.29 is 9.13 Å². The Morgan fingerprint density at radius 1 is 1.44 bits per heavy atom. The molecule has 0 unspecified atom stereocenters. The second-order valence-electron chi connectivity index (χ2n) is 4.21. The molecule has 1 aromatic rings. The van der Waals surface area contributed by atoms with E-state index in [0.29, 0.717) is 42.2 Å². The van der Waals surface area contributed by atoms with E-state index in [-0.39, 0.29) is 5.83 Å². The second kappa shape index (κ2) is 5.67.